The van der Waals surface area contributed by atoms with E-state index in [-0.39, 0.29) is 11.9 Å². The van der Waals surface area contributed by atoms with Crippen LogP contribution in [0.4, 0.5) is 4.79 Å². The van der Waals surface area contributed by atoms with E-state index >= 15 is 0 Å². The first kappa shape index (κ1) is 27.7. The van der Waals surface area contributed by atoms with Crippen LogP contribution in [0.25, 0.3) is 6.08 Å². The van der Waals surface area contributed by atoms with Crippen molar-refractivity contribution in [1.29, 1.82) is 0 Å². The van der Waals surface area contributed by atoms with Gasteiger partial charge >= 0.3 is 6.03 Å². The summed E-state index contributed by atoms with van der Waals surface area (Å²) >= 11 is 0. The van der Waals surface area contributed by atoms with Crippen molar-refractivity contribution in [3.05, 3.63) is 29.5 Å². The highest BCUT2D eigenvalue weighted by atomic mass is 16.5. The SMILES string of the molecule is CCCCCCCCC(CCCCCC)CN1C(=O)NC(=Cc2ccc(OC)c(OC)c2)C1=O. The third-order valence-electron chi connectivity index (χ3n) is 6.55. The standard InChI is InChI=1S/C28H44N2O4/c1-5-7-9-11-12-14-16-22(15-13-10-8-6-2)21-30-27(31)24(29-28(30)32)19-23-17-18-25(33-3)26(20-23)34-4/h17-20,22H,5-16,21H2,1-4H3,(H,29,32). The first-order valence-corrected chi connectivity index (χ1v) is 13.1. The first-order chi connectivity index (χ1) is 16.5. The summed E-state index contributed by atoms with van der Waals surface area (Å²) in [6, 6.07) is 5.10. The van der Waals surface area contributed by atoms with E-state index in [0.717, 1.165) is 24.8 Å². The number of nitrogens with one attached hydrogen (secondary N) is 1. The normalized spacial score (nSPS) is 15.6. The fraction of sp³-hybridized carbons (Fsp3) is 0.643. The van der Waals surface area contributed by atoms with Crippen molar-refractivity contribution in [2.75, 3.05) is 20.8 Å². The fourth-order valence-electron chi connectivity index (χ4n) is 4.50. The molecule has 1 aromatic rings. The number of carbonyl (C=O) groups excluding carboxylic acids is 2. The molecule has 1 aliphatic rings. The molecule has 1 N–H and O–H groups in total. The van der Waals surface area contributed by atoms with Gasteiger partial charge in [0.1, 0.15) is 5.70 Å². The number of ether oxygens (including phenoxy) is 2. The van der Waals surface area contributed by atoms with Gasteiger partial charge in [-0.1, -0.05) is 84.1 Å². The molecular weight excluding hydrogens is 428 g/mol. The highest BCUT2D eigenvalue weighted by molar-refractivity contribution is 6.14. The largest absolute Gasteiger partial charge is 0.493 e. The number of rotatable bonds is 17. The van der Waals surface area contributed by atoms with Gasteiger partial charge in [0.25, 0.3) is 5.91 Å². The third kappa shape index (κ3) is 8.69. The van der Waals surface area contributed by atoms with Crippen LogP contribution in [-0.4, -0.2) is 37.6 Å². The Morgan fingerprint density at radius 1 is 0.853 bits per heavy atom. The maximum Gasteiger partial charge on any atom is 0.329 e. The number of benzene rings is 1. The lowest BCUT2D eigenvalue weighted by Gasteiger charge is -2.21. The number of methoxy groups -OCH3 is 2. The Labute approximate surface area is 206 Å². The molecule has 2 rings (SSSR count). The van der Waals surface area contributed by atoms with E-state index in [4.69, 9.17) is 9.47 Å². The average molecular weight is 473 g/mol. The molecule has 1 atom stereocenters. The van der Waals surface area contributed by atoms with Crippen LogP contribution in [0.2, 0.25) is 0 Å². The van der Waals surface area contributed by atoms with Crippen molar-refractivity contribution in [1.82, 2.24) is 10.2 Å². The molecule has 6 heteroatoms. The monoisotopic (exact) mass is 472 g/mol. The number of urea groups is 1. The number of unbranched alkanes of at least 4 members (excludes halogenated alkanes) is 8. The van der Waals surface area contributed by atoms with Crippen molar-refractivity contribution in [3.63, 3.8) is 0 Å². The molecule has 0 aromatic heterocycles. The maximum absolute atomic E-state index is 13.1. The Balaban J connectivity index is 2.02. The van der Waals surface area contributed by atoms with Gasteiger partial charge in [-0.15, -0.1) is 0 Å². The van der Waals surface area contributed by atoms with Crippen molar-refractivity contribution >= 4 is 18.0 Å². The molecule has 1 fully saturated rings. The number of carbonyl (C=O) groups is 2. The molecule has 1 saturated heterocycles. The van der Waals surface area contributed by atoms with Crippen LogP contribution in [0.15, 0.2) is 23.9 Å². The second-order valence-electron chi connectivity index (χ2n) is 9.29. The lowest BCUT2D eigenvalue weighted by Crippen LogP contribution is -2.35. The molecule has 1 aliphatic heterocycles. The molecule has 1 aromatic carbocycles. The summed E-state index contributed by atoms with van der Waals surface area (Å²) < 4.78 is 10.6. The van der Waals surface area contributed by atoms with Gasteiger partial charge in [-0.3, -0.25) is 9.69 Å². The minimum atomic E-state index is -0.321. The van der Waals surface area contributed by atoms with Gasteiger partial charge in [0, 0.05) is 6.54 Å². The molecule has 190 valence electrons. The van der Waals surface area contributed by atoms with Gasteiger partial charge in [-0.25, -0.2) is 4.79 Å². The zero-order valence-electron chi connectivity index (χ0n) is 21.7. The van der Waals surface area contributed by atoms with Gasteiger partial charge < -0.3 is 14.8 Å². The van der Waals surface area contributed by atoms with E-state index in [1.54, 1.807) is 32.4 Å². The van der Waals surface area contributed by atoms with Crippen LogP contribution in [0, 0.1) is 5.92 Å². The van der Waals surface area contributed by atoms with Gasteiger partial charge in [0.2, 0.25) is 0 Å². The summed E-state index contributed by atoms with van der Waals surface area (Å²) in [5.74, 6) is 1.31. The molecule has 1 unspecified atom stereocenters. The molecule has 34 heavy (non-hydrogen) atoms. The molecule has 6 nitrogen and oxygen atoms in total. The zero-order valence-corrected chi connectivity index (χ0v) is 21.7. The Hall–Kier alpha value is -2.50. The van der Waals surface area contributed by atoms with Crippen LogP contribution >= 0.6 is 0 Å². The fourth-order valence-corrected chi connectivity index (χ4v) is 4.50. The van der Waals surface area contributed by atoms with E-state index in [0.29, 0.717) is 29.7 Å². The molecule has 3 amide bonds. The van der Waals surface area contributed by atoms with E-state index in [2.05, 4.69) is 19.2 Å². The number of imide groups is 1. The number of amides is 3. The maximum atomic E-state index is 13.1. The number of hydrogen-bond acceptors (Lipinski definition) is 4. The van der Waals surface area contributed by atoms with E-state index in [1.165, 1.54) is 62.7 Å². The second-order valence-corrected chi connectivity index (χ2v) is 9.29. The Morgan fingerprint density at radius 2 is 1.44 bits per heavy atom. The summed E-state index contributed by atoms with van der Waals surface area (Å²) in [5, 5.41) is 2.77. The predicted octanol–water partition coefficient (Wildman–Crippen LogP) is 6.93. The third-order valence-corrected chi connectivity index (χ3v) is 6.55. The van der Waals surface area contributed by atoms with Crippen molar-refractivity contribution in [2.24, 2.45) is 5.92 Å². The number of nitrogens with zero attached hydrogens (tertiary/aromatic N) is 1. The topological polar surface area (TPSA) is 67.9 Å². The van der Waals surface area contributed by atoms with Crippen molar-refractivity contribution in [2.45, 2.75) is 90.9 Å². The van der Waals surface area contributed by atoms with Gasteiger partial charge in [-0.05, 0) is 42.5 Å². The minimum absolute atomic E-state index is 0.249. The Kier molecular flexibility index (Phi) is 12.6. The summed E-state index contributed by atoms with van der Waals surface area (Å²) in [4.78, 5) is 27.2. The lowest BCUT2D eigenvalue weighted by molar-refractivity contribution is -0.123. The van der Waals surface area contributed by atoms with Gasteiger partial charge in [0.15, 0.2) is 11.5 Å². The quantitative estimate of drug-likeness (QED) is 0.152. The summed E-state index contributed by atoms with van der Waals surface area (Å²) in [5.41, 5.74) is 1.08. The molecule has 1 heterocycles. The second kappa shape index (κ2) is 15.4. The van der Waals surface area contributed by atoms with Crippen LogP contribution in [0.5, 0.6) is 11.5 Å². The summed E-state index contributed by atoms with van der Waals surface area (Å²) in [7, 11) is 3.15. The lowest BCUT2D eigenvalue weighted by atomic mass is 9.93. The van der Waals surface area contributed by atoms with Gasteiger partial charge in [-0.2, -0.15) is 0 Å². The molecule has 0 spiro atoms. The Bertz CT molecular complexity index is 806. The minimum Gasteiger partial charge on any atom is -0.493 e. The average Bonchev–Trinajstić information content (AvgIpc) is 3.10. The number of hydrogen-bond donors (Lipinski definition) is 1. The van der Waals surface area contributed by atoms with E-state index < -0.39 is 0 Å². The molecule has 0 aliphatic carbocycles. The van der Waals surface area contributed by atoms with Crippen LogP contribution in [0.1, 0.15) is 96.5 Å². The van der Waals surface area contributed by atoms with E-state index in [1.807, 2.05) is 6.07 Å². The van der Waals surface area contributed by atoms with Crippen LogP contribution < -0.4 is 14.8 Å². The van der Waals surface area contributed by atoms with Crippen molar-refractivity contribution in [3.8, 4) is 11.5 Å². The molecule has 0 saturated carbocycles. The first-order valence-electron chi connectivity index (χ1n) is 13.1. The highest BCUT2D eigenvalue weighted by Gasteiger charge is 2.34. The molecular formula is C28H44N2O4. The van der Waals surface area contributed by atoms with Crippen LogP contribution in [0.3, 0.4) is 0 Å². The van der Waals surface area contributed by atoms with Gasteiger partial charge in [0.05, 0.1) is 14.2 Å². The predicted molar refractivity (Wildman–Crippen MR) is 138 cm³/mol. The zero-order chi connectivity index (χ0) is 24.8. The highest BCUT2D eigenvalue weighted by Crippen LogP contribution is 2.29. The van der Waals surface area contributed by atoms with E-state index in [9.17, 15) is 9.59 Å². The Morgan fingerprint density at radius 3 is 2.06 bits per heavy atom. The van der Waals surface area contributed by atoms with Crippen molar-refractivity contribution < 1.29 is 19.1 Å². The molecule has 0 bridgehead atoms. The van der Waals surface area contributed by atoms with Crippen LogP contribution in [-0.2, 0) is 4.79 Å². The smallest absolute Gasteiger partial charge is 0.329 e. The summed E-state index contributed by atoms with van der Waals surface area (Å²) in [6.45, 7) is 4.95. The molecule has 0 radical (unpaired) electrons. The summed E-state index contributed by atoms with van der Waals surface area (Å²) in [6.07, 6.45) is 16.2.